The van der Waals surface area contributed by atoms with E-state index in [9.17, 15) is 18.0 Å². The number of carbonyl (C=O) groups excluding carboxylic acids is 1. The number of benzene rings is 2. The third-order valence-electron chi connectivity index (χ3n) is 5.50. The maximum atomic E-state index is 13.8. The molecule has 1 aliphatic heterocycles. The van der Waals surface area contributed by atoms with Gasteiger partial charge in [-0.05, 0) is 49.2 Å². The summed E-state index contributed by atoms with van der Waals surface area (Å²) in [7, 11) is 0. The maximum absolute atomic E-state index is 13.8. The largest absolute Gasteiger partial charge is 0.437 e. The molecular weight excluding hydrogens is 429 g/mol. The summed E-state index contributed by atoms with van der Waals surface area (Å²) in [5, 5.41) is 0.348. The van der Waals surface area contributed by atoms with Gasteiger partial charge in [0, 0.05) is 26.2 Å². The Morgan fingerprint density at radius 3 is 2.13 bits per heavy atom. The van der Waals surface area contributed by atoms with E-state index in [4.69, 9.17) is 11.6 Å². The summed E-state index contributed by atoms with van der Waals surface area (Å²) in [6.45, 7) is 4.65. The summed E-state index contributed by atoms with van der Waals surface area (Å²) in [6.07, 6.45) is -4.64. The molecule has 0 radical (unpaired) electrons. The van der Waals surface area contributed by atoms with E-state index in [1.807, 2.05) is 13.8 Å². The Balaban J connectivity index is 1.63. The van der Waals surface area contributed by atoms with E-state index in [-0.39, 0.29) is 43.4 Å². The Morgan fingerprint density at radius 2 is 1.55 bits per heavy atom. The fourth-order valence-corrected chi connectivity index (χ4v) is 3.86. The average Bonchev–Trinajstić information content (AvgIpc) is 2.73. The van der Waals surface area contributed by atoms with Crippen LogP contribution in [0, 0.1) is 13.8 Å². The molecule has 0 bridgehead atoms. The zero-order chi connectivity index (χ0) is 22.3. The highest BCUT2D eigenvalue weighted by atomic mass is 35.5. The fourth-order valence-electron chi connectivity index (χ4n) is 3.64. The lowest BCUT2D eigenvalue weighted by Crippen LogP contribution is -2.49. The molecule has 2 aromatic carbocycles. The predicted molar refractivity (Wildman–Crippen MR) is 114 cm³/mol. The Kier molecular flexibility index (Phi) is 5.51. The third-order valence-corrected chi connectivity index (χ3v) is 5.83. The van der Waals surface area contributed by atoms with Gasteiger partial charge in [-0.25, -0.2) is 9.97 Å². The molecule has 0 N–H and O–H groups in total. The minimum atomic E-state index is -4.64. The Labute approximate surface area is 182 Å². The minimum Gasteiger partial charge on any atom is -0.351 e. The van der Waals surface area contributed by atoms with Gasteiger partial charge >= 0.3 is 6.18 Å². The molecule has 162 valence electrons. The van der Waals surface area contributed by atoms with Crippen LogP contribution in [0.4, 0.5) is 19.0 Å². The molecular formula is C22H20ClF3N4O. The second kappa shape index (κ2) is 8.00. The van der Waals surface area contributed by atoms with Crippen LogP contribution < -0.4 is 4.90 Å². The molecule has 3 aromatic rings. The first-order chi connectivity index (χ1) is 14.6. The average molecular weight is 449 g/mol. The molecule has 5 nitrogen and oxygen atoms in total. The summed E-state index contributed by atoms with van der Waals surface area (Å²) in [5.41, 5.74) is 1.79. The highest BCUT2D eigenvalue weighted by Crippen LogP contribution is 2.36. The van der Waals surface area contributed by atoms with Gasteiger partial charge in [-0.3, -0.25) is 4.79 Å². The Bertz CT molecular complexity index is 1160. The molecule has 1 fully saturated rings. The number of halogens is 4. The van der Waals surface area contributed by atoms with Crippen LogP contribution in [0.1, 0.15) is 27.2 Å². The van der Waals surface area contributed by atoms with E-state index >= 15 is 0 Å². The number of piperazine rings is 1. The Hall–Kier alpha value is -2.87. The van der Waals surface area contributed by atoms with Crippen LogP contribution in [0.15, 0.2) is 36.4 Å². The monoisotopic (exact) mass is 448 g/mol. The molecule has 0 atom stereocenters. The molecule has 31 heavy (non-hydrogen) atoms. The van der Waals surface area contributed by atoms with Crippen molar-refractivity contribution in [3.8, 4) is 0 Å². The predicted octanol–water partition coefficient (Wildman–Crippen LogP) is 4.88. The quantitative estimate of drug-likeness (QED) is 0.560. The fraction of sp³-hybridized carbons (Fsp3) is 0.318. The van der Waals surface area contributed by atoms with Gasteiger partial charge in [0.1, 0.15) is 0 Å². The third kappa shape index (κ3) is 4.17. The van der Waals surface area contributed by atoms with Gasteiger partial charge < -0.3 is 9.80 Å². The number of amides is 1. The first-order valence-corrected chi connectivity index (χ1v) is 10.2. The van der Waals surface area contributed by atoms with Gasteiger partial charge in [-0.1, -0.05) is 23.7 Å². The van der Waals surface area contributed by atoms with Crippen molar-refractivity contribution in [3.05, 3.63) is 63.8 Å². The highest BCUT2D eigenvalue weighted by molar-refractivity contribution is 6.33. The van der Waals surface area contributed by atoms with Crippen molar-refractivity contribution in [1.82, 2.24) is 14.9 Å². The first-order valence-electron chi connectivity index (χ1n) is 9.80. The van der Waals surface area contributed by atoms with Crippen molar-refractivity contribution in [2.75, 3.05) is 31.1 Å². The van der Waals surface area contributed by atoms with Gasteiger partial charge in [-0.2, -0.15) is 13.2 Å². The van der Waals surface area contributed by atoms with Crippen molar-refractivity contribution < 1.29 is 18.0 Å². The SMILES string of the molecule is Cc1cc2nc(N3CCN(C(=O)c4ccccc4Cl)CC3)c(C(F)(F)F)nc2cc1C. The zero-order valence-corrected chi connectivity index (χ0v) is 17.8. The van der Waals surface area contributed by atoms with Gasteiger partial charge in [-0.15, -0.1) is 0 Å². The van der Waals surface area contributed by atoms with Crippen LogP contribution in [0.3, 0.4) is 0 Å². The number of alkyl halides is 3. The van der Waals surface area contributed by atoms with Gasteiger partial charge in [0.25, 0.3) is 5.91 Å². The molecule has 0 aliphatic carbocycles. The summed E-state index contributed by atoms with van der Waals surface area (Å²) in [4.78, 5) is 24.1. The lowest BCUT2D eigenvalue weighted by Gasteiger charge is -2.36. The molecule has 0 saturated carbocycles. The van der Waals surface area contributed by atoms with E-state index in [0.717, 1.165) is 11.1 Å². The minimum absolute atomic E-state index is 0.201. The van der Waals surface area contributed by atoms with Crippen LogP contribution in [0.5, 0.6) is 0 Å². The number of aromatic nitrogens is 2. The smallest absolute Gasteiger partial charge is 0.351 e. The molecule has 1 saturated heterocycles. The lowest BCUT2D eigenvalue weighted by atomic mass is 10.1. The molecule has 1 aromatic heterocycles. The molecule has 1 aliphatic rings. The summed E-state index contributed by atoms with van der Waals surface area (Å²) >= 11 is 6.11. The number of rotatable bonds is 2. The van der Waals surface area contributed by atoms with Crippen molar-refractivity contribution >= 4 is 34.4 Å². The number of anilines is 1. The second-order valence-corrected chi connectivity index (χ2v) is 7.99. The maximum Gasteiger partial charge on any atom is 0.437 e. The van der Waals surface area contributed by atoms with Crippen LogP contribution in [-0.2, 0) is 6.18 Å². The molecule has 1 amide bonds. The molecule has 2 heterocycles. The van der Waals surface area contributed by atoms with E-state index in [1.54, 1.807) is 46.2 Å². The number of aryl methyl sites for hydroxylation is 2. The normalized spacial score (nSPS) is 14.9. The number of nitrogens with zero attached hydrogens (tertiary/aromatic N) is 4. The van der Waals surface area contributed by atoms with Crippen LogP contribution in [0.2, 0.25) is 5.02 Å². The van der Waals surface area contributed by atoms with Crippen LogP contribution >= 0.6 is 11.6 Å². The van der Waals surface area contributed by atoms with E-state index < -0.39 is 11.9 Å². The van der Waals surface area contributed by atoms with Crippen LogP contribution in [0.25, 0.3) is 11.0 Å². The molecule has 9 heteroatoms. The number of hydrogen-bond donors (Lipinski definition) is 0. The second-order valence-electron chi connectivity index (χ2n) is 7.58. The molecule has 0 spiro atoms. The van der Waals surface area contributed by atoms with Crippen molar-refractivity contribution in [1.29, 1.82) is 0 Å². The summed E-state index contributed by atoms with van der Waals surface area (Å²) in [6, 6.07) is 10.1. The van der Waals surface area contributed by atoms with Gasteiger partial charge in [0.2, 0.25) is 0 Å². The lowest BCUT2D eigenvalue weighted by molar-refractivity contribution is -0.140. The molecule has 4 rings (SSSR count). The number of carbonyl (C=O) groups is 1. The van der Waals surface area contributed by atoms with Crippen molar-refractivity contribution in [2.24, 2.45) is 0 Å². The topological polar surface area (TPSA) is 49.3 Å². The summed E-state index contributed by atoms with van der Waals surface area (Å²) in [5.74, 6) is -0.440. The van der Waals surface area contributed by atoms with E-state index in [1.165, 1.54) is 0 Å². The van der Waals surface area contributed by atoms with Crippen molar-refractivity contribution in [2.45, 2.75) is 20.0 Å². The number of hydrogen-bond acceptors (Lipinski definition) is 4. The van der Waals surface area contributed by atoms with E-state index in [2.05, 4.69) is 9.97 Å². The Morgan fingerprint density at radius 1 is 0.968 bits per heavy atom. The van der Waals surface area contributed by atoms with Crippen molar-refractivity contribution in [3.63, 3.8) is 0 Å². The first kappa shape index (κ1) is 21.4. The standard InChI is InChI=1S/C22H20ClF3N4O/c1-13-11-17-18(12-14(13)2)28-20(19(27-17)22(24,25)26)29-7-9-30(10-8-29)21(31)15-5-3-4-6-16(15)23/h3-6,11-12H,7-10H2,1-2H3. The molecule has 0 unspecified atom stereocenters. The highest BCUT2D eigenvalue weighted by Gasteiger charge is 2.39. The zero-order valence-electron chi connectivity index (χ0n) is 17.0. The van der Waals surface area contributed by atoms with Crippen LogP contribution in [-0.4, -0.2) is 47.0 Å². The van der Waals surface area contributed by atoms with E-state index in [0.29, 0.717) is 16.1 Å². The summed E-state index contributed by atoms with van der Waals surface area (Å²) < 4.78 is 41.3. The van der Waals surface area contributed by atoms with Gasteiger partial charge in [0.15, 0.2) is 11.5 Å². The number of fused-ring (bicyclic) bond motifs is 1. The van der Waals surface area contributed by atoms with Gasteiger partial charge in [0.05, 0.1) is 21.6 Å².